The maximum Gasteiger partial charge on any atom is 0.306 e. The molecule has 0 aromatic rings. The van der Waals surface area contributed by atoms with E-state index in [-0.39, 0.29) is 10.8 Å². The van der Waals surface area contributed by atoms with Crippen LogP contribution in [0.2, 0.25) is 0 Å². The molecule has 2 nitrogen and oxygen atoms in total. The van der Waals surface area contributed by atoms with E-state index in [0.29, 0.717) is 6.42 Å². The minimum atomic E-state index is -0.698. The van der Waals surface area contributed by atoms with E-state index in [0.717, 1.165) is 19.3 Å². The van der Waals surface area contributed by atoms with Crippen molar-refractivity contribution in [2.24, 2.45) is 5.92 Å². The first-order chi connectivity index (χ1) is 5.01. The zero-order valence-electron chi connectivity index (χ0n) is 6.64. The molecule has 1 aliphatic rings. The number of aliphatic carboxylic acids is 1. The van der Waals surface area contributed by atoms with Crippen LogP contribution in [0.15, 0.2) is 0 Å². The van der Waals surface area contributed by atoms with Crippen LogP contribution in [0.25, 0.3) is 0 Å². The molecule has 1 saturated carbocycles. The predicted octanol–water partition coefficient (Wildman–Crippen LogP) is 2.26. The summed E-state index contributed by atoms with van der Waals surface area (Å²) >= 11 is 6.05. The summed E-state index contributed by atoms with van der Waals surface area (Å²) < 4.78 is 0. The summed E-state index contributed by atoms with van der Waals surface area (Å²) in [5.41, 5.74) is 0. The number of rotatable bonds is 1. The van der Waals surface area contributed by atoms with Crippen LogP contribution in [-0.2, 0) is 4.79 Å². The highest BCUT2D eigenvalue weighted by Gasteiger charge is 2.33. The van der Waals surface area contributed by atoms with E-state index in [1.54, 1.807) is 0 Å². The molecule has 0 heterocycles. The lowest BCUT2D eigenvalue weighted by molar-refractivity contribution is -0.143. The SMILES string of the molecule is CC1(Cl)CCCC(C(=O)O)C1. The number of carboxylic acid groups (broad SMARTS) is 1. The smallest absolute Gasteiger partial charge is 0.306 e. The fraction of sp³-hybridized carbons (Fsp3) is 0.875. The van der Waals surface area contributed by atoms with Gasteiger partial charge < -0.3 is 5.11 Å². The topological polar surface area (TPSA) is 37.3 Å². The van der Waals surface area contributed by atoms with Crippen molar-refractivity contribution in [3.63, 3.8) is 0 Å². The van der Waals surface area contributed by atoms with Crippen LogP contribution in [0, 0.1) is 5.92 Å². The number of halogens is 1. The van der Waals surface area contributed by atoms with Crippen molar-refractivity contribution in [3.8, 4) is 0 Å². The number of carbonyl (C=O) groups is 1. The van der Waals surface area contributed by atoms with Crippen molar-refractivity contribution in [3.05, 3.63) is 0 Å². The zero-order valence-corrected chi connectivity index (χ0v) is 7.40. The molecule has 0 saturated heterocycles. The Labute approximate surface area is 71.5 Å². The lowest BCUT2D eigenvalue weighted by atomic mass is 9.82. The van der Waals surface area contributed by atoms with Crippen LogP contribution in [0.1, 0.15) is 32.6 Å². The summed E-state index contributed by atoms with van der Waals surface area (Å²) in [5, 5.41) is 8.71. The zero-order chi connectivity index (χ0) is 8.48. The fourth-order valence-corrected chi connectivity index (χ4v) is 1.97. The maximum atomic E-state index is 10.6. The standard InChI is InChI=1S/C8H13ClO2/c1-8(9)4-2-3-6(5-8)7(10)11/h6H,2-5H2,1H3,(H,10,11). The molecule has 0 amide bonds. The number of hydrogen-bond acceptors (Lipinski definition) is 1. The quantitative estimate of drug-likeness (QED) is 0.623. The number of carboxylic acids is 1. The third-order valence-corrected chi connectivity index (χ3v) is 2.62. The fourth-order valence-electron chi connectivity index (χ4n) is 1.65. The van der Waals surface area contributed by atoms with Gasteiger partial charge in [0.2, 0.25) is 0 Å². The minimum Gasteiger partial charge on any atom is -0.481 e. The number of alkyl halides is 1. The van der Waals surface area contributed by atoms with Gasteiger partial charge in [-0.25, -0.2) is 0 Å². The average molecular weight is 177 g/mol. The average Bonchev–Trinajstić information content (AvgIpc) is 1.85. The Morgan fingerprint density at radius 1 is 1.73 bits per heavy atom. The van der Waals surface area contributed by atoms with E-state index in [2.05, 4.69) is 0 Å². The first-order valence-electron chi connectivity index (χ1n) is 3.93. The van der Waals surface area contributed by atoms with Crippen molar-refractivity contribution in [1.29, 1.82) is 0 Å². The second kappa shape index (κ2) is 3.02. The molecule has 0 aliphatic heterocycles. The monoisotopic (exact) mass is 176 g/mol. The van der Waals surface area contributed by atoms with E-state index in [1.807, 2.05) is 6.92 Å². The largest absolute Gasteiger partial charge is 0.481 e. The summed E-state index contributed by atoms with van der Waals surface area (Å²) in [6.07, 6.45) is 3.29. The second-order valence-electron chi connectivity index (χ2n) is 3.54. The molecule has 11 heavy (non-hydrogen) atoms. The van der Waals surface area contributed by atoms with E-state index in [1.165, 1.54) is 0 Å². The van der Waals surface area contributed by atoms with Crippen molar-refractivity contribution < 1.29 is 9.90 Å². The Kier molecular flexibility index (Phi) is 2.43. The van der Waals surface area contributed by atoms with Gasteiger partial charge in [-0.2, -0.15) is 0 Å². The summed E-state index contributed by atoms with van der Waals surface area (Å²) in [5.74, 6) is -0.914. The molecule has 1 N–H and O–H groups in total. The van der Waals surface area contributed by atoms with Gasteiger partial charge in [-0.05, 0) is 26.2 Å². The molecule has 1 rings (SSSR count). The third-order valence-electron chi connectivity index (χ3n) is 2.27. The van der Waals surface area contributed by atoms with Gasteiger partial charge in [0, 0.05) is 4.87 Å². The third kappa shape index (κ3) is 2.37. The van der Waals surface area contributed by atoms with Gasteiger partial charge in [0.15, 0.2) is 0 Å². The highest BCUT2D eigenvalue weighted by Crippen LogP contribution is 2.36. The van der Waals surface area contributed by atoms with Gasteiger partial charge in [0.05, 0.1) is 5.92 Å². The lowest BCUT2D eigenvalue weighted by Gasteiger charge is -2.30. The van der Waals surface area contributed by atoms with E-state index < -0.39 is 5.97 Å². The van der Waals surface area contributed by atoms with Crippen LogP contribution in [0.5, 0.6) is 0 Å². The second-order valence-corrected chi connectivity index (χ2v) is 4.46. The van der Waals surface area contributed by atoms with Gasteiger partial charge in [-0.1, -0.05) is 6.42 Å². The summed E-state index contributed by atoms with van der Waals surface area (Å²) in [4.78, 5) is 10.3. The molecule has 2 atom stereocenters. The Hall–Kier alpha value is -0.240. The molecule has 0 aromatic carbocycles. The van der Waals surface area contributed by atoms with Crippen molar-refractivity contribution >= 4 is 17.6 Å². The molecule has 0 aromatic heterocycles. The van der Waals surface area contributed by atoms with Crippen LogP contribution in [-0.4, -0.2) is 16.0 Å². The Morgan fingerprint density at radius 3 is 2.73 bits per heavy atom. The van der Waals surface area contributed by atoms with Crippen LogP contribution in [0.3, 0.4) is 0 Å². The Morgan fingerprint density at radius 2 is 2.36 bits per heavy atom. The van der Waals surface area contributed by atoms with E-state index in [9.17, 15) is 4.79 Å². The Balaban J connectivity index is 2.53. The molecular formula is C8H13ClO2. The molecule has 64 valence electrons. The predicted molar refractivity (Wildman–Crippen MR) is 43.9 cm³/mol. The van der Waals surface area contributed by atoms with Crippen molar-refractivity contribution in [2.75, 3.05) is 0 Å². The van der Waals surface area contributed by atoms with Gasteiger partial charge in [0.1, 0.15) is 0 Å². The van der Waals surface area contributed by atoms with Gasteiger partial charge in [-0.15, -0.1) is 11.6 Å². The summed E-state index contributed by atoms with van der Waals surface area (Å²) in [7, 11) is 0. The first kappa shape index (κ1) is 8.85. The van der Waals surface area contributed by atoms with E-state index in [4.69, 9.17) is 16.7 Å². The van der Waals surface area contributed by atoms with Crippen LogP contribution in [0.4, 0.5) is 0 Å². The molecule has 1 aliphatic carbocycles. The van der Waals surface area contributed by atoms with Gasteiger partial charge in [-0.3, -0.25) is 4.79 Å². The Bertz CT molecular complexity index is 165. The maximum absolute atomic E-state index is 10.6. The highest BCUT2D eigenvalue weighted by atomic mass is 35.5. The summed E-state index contributed by atoms with van der Waals surface area (Å²) in [6, 6.07) is 0. The molecular weight excluding hydrogens is 164 g/mol. The van der Waals surface area contributed by atoms with Crippen LogP contribution >= 0.6 is 11.6 Å². The highest BCUT2D eigenvalue weighted by molar-refractivity contribution is 6.23. The van der Waals surface area contributed by atoms with Gasteiger partial charge in [0.25, 0.3) is 0 Å². The number of hydrogen-bond donors (Lipinski definition) is 1. The molecule has 0 bridgehead atoms. The molecule has 0 radical (unpaired) electrons. The molecule has 3 heteroatoms. The van der Waals surface area contributed by atoms with Gasteiger partial charge >= 0.3 is 5.97 Å². The molecule has 1 fully saturated rings. The van der Waals surface area contributed by atoms with Crippen LogP contribution < -0.4 is 0 Å². The minimum absolute atomic E-state index is 0.216. The lowest BCUT2D eigenvalue weighted by Crippen LogP contribution is -2.30. The molecule has 0 spiro atoms. The normalized spacial score (nSPS) is 38.5. The first-order valence-corrected chi connectivity index (χ1v) is 4.31. The summed E-state index contributed by atoms with van der Waals surface area (Å²) in [6.45, 7) is 1.92. The van der Waals surface area contributed by atoms with Crippen molar-refractivity contribution in [1.82, 2.24) is 0 Å². The van der Waals surface area contributed by atoms with E-state index >= 15 is 0 Å². The van der Waals surface area contributed by atoms with Crippen molar-refractivity contribution in [2.45, 2.75) is 37.5 Å². The molecule has 2 unspecified atom stereocenters.